The lowest BCUT2D eigenvalue weighted by Crippen LogP contribution is -2.33. The maximum atomic E-state index is 12.9. The van der Waals surface area contributed by atoms with Gasteiger partial charge in [-0.2, -0.15) is 4.31 Å². The SMILES string of the molecule is CCNc1cc(C)c(S(=O)(=O)N(CC)C2CC2)c(C)c1. The molecule has 0 bridgehead atoms. The summed E-state index contributed by atoms with van der Waals surface area (Å²) in [5.74, 6) is 0. The van der Waals surface area contributed by atoms with Gasteiger partial charge in [0.2, 0.25) is 10.0 Å². The van der Waals surface area contributed by atoms with Crippen molar-refractivity contribution in [2.24, 2.45) is 0 Å². The standard InChI is InChI=1S/C15H24N2O2S/c1-5-16-13-9-11(3)15(12(4)10-13)20(18,19)17(6-2)14-7-8-14/h9-10,14,16H,5-8H2,1-4H3. The van der Waals surface area contributed by atoms with Crippen molar-refractivity contribution < 1.29 is 8.42 Å². The summed E-state index contributed by atoms with van der Waals surface area (Å²) in [6.45, 7) is 9.06. The Bertz CT molecular complexity index is 569. The number of hydrogen-bond acceptors (Lipinski definition) is 3. The van der Waals surface area contributed by atoms with Crippen LogP contribution in [0.4, 0.5) is 5.69 Å². The molecule has 4 nitrogen and oxygen atoms in total. The van der Waals surface area contributed by atoms with E-state index >= 15 is 0 Å². The van der Waals surface area contributed by atoms with E-state index in [9.17, 15) is 8.42 Å². The molecule has 1 N–H and O–H groups in total. The van der Waals surface area contributed by atoms with Gasteiger partial charge in [-0.05, 0) is 56.9 Å². The monoisotopic (exact) mass is 296 g/mol. The number of benzene rings is 1. The summed E-state index contributed by atoms with van der Waals surface area (Å²) in [6, 6.07) is 4.05. The molecule has 1 fully saturated rings. The fraction of sp³-hybridized carbons (Fsp3) is 0.600. The molecule has 0 heterocycles. The summed E-state index contributed by atoms with van der Waals surface area (Å²) in [7, 11) is -3.38. The Morgan fingerprint density at radius 3 is 2.15 bits per heavy atom. The first kappa shape index (κ1) is 15.3. The van der Waals surface area contributed by atoms with Crippen LogP contribution in [0, 0.1) is 13.8 Å². The second kappa shape index (κ2) is 5.74. The van der Waals surface area contributed by atoms with Crippen molar-refractivity contribution in [3.63, 3.8) is 0 Å². The Hall–Kier alpha value is -1.07. The molecule has 0 spiro atoms. The topological polar surface area (TPSA) is 49.4 Å². The summed E-state index contributed by atoms with van der Waals surface area (Å²) >= 11 is 0. The predicted octanol–water partition coefficient (Wildman–Crippen LogP) is 2.91. The van der Waals surface area contributed by atoms with E-state index in [1.165, 1.54) is 0 Å². The zero-order chi connectivity index (χ0) is 14.9. The molecule has 0 radical (unpaired) electrons. The minimum Gasteiger partial charge on any atom is -0.385 e. The predicted molar refractivity (Wildman–Crippen MR) is 82.7 cm³/mol. The summed E-state index contributed by atoms with van der Waals surface area (Å²) in [4.78, 5) is 0.480. The van der Waals surface area contributed by atoms with Crippen LogP contribution < -0.4 is 5.32 Å². The van der Waals surface area contributed by atoms with Crippen molar-refractivity contribution >= 4 is 15.7 Å². The van der Waals surface area contributed by atoms with E-state index in [0.29, 0.717) is 11.4 Å². The van der Waals surface area contributed by atoms with Crippen LogP contribution in [-0.2, 0) is 10.0 Å². The minimum atomic E-state index is -3.38. The third-order valence-corrected chi connectivity index (χ3v) is 6.01. The highest BCUT2D eigenvalue weighted by Crippen LogP contribution is 2.34. The second-order valence-corrected chi connectivity index (χ2v) is 7.24. The lowest BCUT2D eigenvalue weighted by atomic mass is 10.1. The maximum Gasteiger partial charge on any atom is 0.243 e. The molecule has 1 aliphatic rings. The Balaban J connectivity index is 2.46. The van der Waals surface area contributed by atoms with E-state index < -0.39 is 10.0 Å². The first-order valence-corrected chi connectivity index (χ1v) is 8.72. The van der Waals surface area contributed by atoms with E-state index in [0.717, 1.165) is 36.2 Å². The molecule has 1 aromatic rings. The molecule has 20 heavy (non-hydrogen) atoms. The smallest absolute Gasteiger partial charge is 0.243 e. The molecule has 112 valence electrons. The van der Waals surface area contributed by atoms with Crippen molar-refractivity contribution in [3.05, 3.63) is 23.3 Å². The van der Waals surface area contributed by atoms with Gasteiger partial charge in [0.05, 0.1) is 4.90 Å². The molecule has 1 aromatic carbocycles. The molecule has 5 heteroatoms. The number of aryl methyl sites for hydroxylation is 2. The molecule has 0 aliphatic heterocycles. The van der Waals surface area contributed by atoms with E-state index in [1.807, 2.05) is 39.8 Å². The van der Waals surface area contributed by atoms with Crippen molar-refractivity contribution in [2.45, 2.75) is 51.5 Å². The van der Waals surface area contributed by atoms with Crippen molar-refractivity contribution in [2.75, 3.05) is 18.4 Å². The van der Waals surface area contributed by atoms with Gasteiger partial charge in [0, 0.05) is 24.8 Å². The van der Waals surface area contributed by atoms with Crippen molar-refractivity contribution in [1.82, 2.24) is 4.31 Å². The second-order valence-electron chi connectivity index (χ2n) is 5.41. The maximum absolute atomic E-state index is 12.9. The first-order valence-electron chi connectivity index (χ1n) is 7.28. The van der Waals surface area contributed by atoms with Gasteiger partial charge in [-0.15, -0.1) is 0 Å². The van der Waals surface area contributed by atoms with Gasteiger partial charge in [0.1, 0.15) is 0 Å². The number of sulfonamides is 1. The fourth-order valence-electron chi connectivity index (χ4n) is 2.77. The molecule has 1 saturated carbocycles. The summed E-state index contributed by atoms with van der Waals surface area (Å²) in [5, 5.41) is 3.24. The zero-order valence-corrected chi connectivity index (χ0v) is 13.5. The average Bonchev–Trinajstić information content (AvgIpc) is 3.12. The number of nitrogens with one attached hydrogen (secondary N) is 1. The fourth-order valence-corrected chi connectivity index (χ4v) is 4.88. The molecule has 0 aromatic heterocycles. The van der Waals surface area contributed by atoms with Crippen LogP contribution >= 0.6 is 0 Å². The van der Waals surface area contributed by atoms with Crippen LogP contribution in [0.15, 0.2) is 17.0 Å². The van der Waals surface area contributed by atoms with Gasteiger partial charge in [-0.25, -0.2) is 8.42 Å². The van der Waals surface area contributed by atoms with E-state index in [1.54, 1.807) is 4.31 Å². The van der Waals surface area contributed by atoms with Gasteiger partial charge < -0.3 is 5.32 Å². The summed E-state index contributed by atoms with van der Waals surface area (Å²) in [6.07, 6.45) is 1.97. The Morgan fingerprint density at radius 2 is 1.75 bits per heavy atom. The van der Waals surface area contributed by atoms with E-state index in [4.69, 9.17) is 0 Å². The van der Waals surface area contributed by atoms with Crippen LogP contribution in [-0.4, -0.2) is 31.9 Å². The molecular formula is C15H24N2O2S. The van der Waals surface area contributed by atoms with E-state index in [-0.39, 0.29) is 6.04 Å². The van der Waals surface area contributed by atoms with Gasteiger partial charge in [0.25, 0.3) is 0 Å². The highest BCUT2D eigenvalue weighted by atomic mass is 32.2. The molecule has 2 rings (SSSR count). The Labute approximate surface area is 122 Å². The summed E-state index contributed by atoms with van der Waals surface area (Å²) in [5.41, 5.74) is 2.62. The van der Waals surface area contributed by atoms with Crippen LogP contribution in [0.1, 0.15) is 37.8 Å². The van der Waals surface area contributed by atoms with Crippen molar-refractivity contribution in [1.29, 1.82) is 0 Å². The minimum absolute atomic E-state index is 0.206. The molecule has 0 saturated heterocycles. The quantitative estimate of drug-likeness (QED) is 0.878. The molecular weight excluding hydrogens is 272 g/mol. The molecule has 0 atom stereocenters. The largest absolute Gasteiger partial charge is 0.385 e. The van der Waals surface area contributed by atoms with Crippen LogP contribution in [0.25, 0.3) is 0 Å². The van der Waals surface area contributed by atoms with Crippen molar-refractivity contribution in [3.8, 4) is 0 Å². The number of anilines is 1. The van der Waals surface area contributed by atoms with Crippen LogP contribution in [0.2, 0.25) is 0 Å². The molecule has 1 aliphatic carbocycles. The van der Waals surface area contributed by atoms with E-state index in [2.05, 4.69) is 5.32 Å². The molecule has 0 unspecified atom stereocenters. The van der Waals surface area contributed by atoms with Crippen LogP contribution in [0.3, 0.4) is 0 Å². The lowest BCUT2D eigenvalue weighted by molar-refractivity contribution is 0.420. The van der Waals surface area contributed by atoms with Gasteiger partial charge in [-0.3, -0.25) is 0 Å². The number of rotatable bonds is 6. The average molecular weight is 296 g/mol. The van der Waals surface area contributed by atoms with Gasteiger partial charge >= 0.3 is 0 Å². The number of nitrogens with zero attached hydrogens (tertiary/aromatic N) is 1. The summed E-state index contributed by atoms with van der Waals surface area (Å²) < 4.78 is 27.4. The molecule has 0 amide bonds. The Morgan fingerprint density at radius 1 is 1.20 bits per heavy atom. The first-order chi connectivity index (χ1) is 9.41. The Kier molecular flexibility index (Phi) is 4.39. The highest BCUT2D eigenvalue weighted by Gasteiger charge is 2.38. The lowest BCUT2D eigenvalue weighted by Gasteiger charge is -2.23. The zero-order valence-electron chi connectivity index (χ0n) is 12.7. The third kappa shape index (κ3) is 2.83. The van der Waals surface area contributed by atoms with Gasteiger partial charge in [-0.1, -0.05) is 6.92 Å². The third-order valence-electron chi connectivity index (χ3n) is 3.67. The van der Waals surface area contributed by atoms with Crippen LogP contribution in [0.5, 0.6) is 0 Å². The highest BCUT2D eigenvalue weighted by molar-refractivity contribution is 7.89. The van der Waals surface area contributed by atoms with Gasteiger partial charge in [0.15, 0.2) is 0 Å². The normalized spacial score (nSPS) is 15.7. The number of hydrogen-bond donors (Lipinski definition) is 1.